The molecule has 0 saturated heterocycles. The Morgan fingerprint density at radius 1 is 1.15 bits per heavy atom. The van der Waals surface area contributed by atoms with Gasteiger partial charge >= 0.3 is 5.97 Å². The van der Waals surface area contributed by atoms with Crippen LogP contribution in [0.15, 0.2) is 47.5 Å². The molecule has 0 saturated carbocycles. The van der Waals surface area contributed by atoms with Crippen LogP contribution in [0.3, 0.4) is 0 Å². The molecule has 0 atom stereocenters. The van der Waals surface area contributed by atoms with Crippen molar-refractivity contribution in [2.24, 2.45) is 4.99 Å². The molecule has 0 radical (unpaired) electrons. The zero-order valence-electron chi connectivity index (χ0n) is 14.4. The first-order chi connectivity index (χ1) is 12.5. The average Bonchev–Trinajstić information content (AvgIpc) is 2.97. The summed E-state index contributed by atoms with van der Waals surface area (Å²) in [6, 6.07) is 12.0. The van der Waals surface area contributed by atoms with Crippen molar-refractivity contribution < 1.29 is 14.3 Å². The van der Waals surface area contributed by atoms with Crippen LogP contribution in [0.25, 0.3) is 10.2 Å². The molecule has 0 aliphatic rings. The lowest BCUT2D eigenvalue weighted by Crippen LogP contribution is -2.15. The number of amides is 1. The fourth-order valence-electron chi connectivity index (χ4n) is 2.58. The number of thiazole rings is 1. The highest BCUT2D eigenvalue weighted by Crippen LogP contribution is 2.20. The maximum Gasteiger partial charge on any atom is 0.338 e. The van der Waals surface area contributed by atoms with Crippen molar-refractivity contribution in [2.75, 3.05) is 6.61 Å². The van der Waals surface area contributed by atoms with Crippen LogP contribution in [0.1, 0.15) is 34.6 Å². The van der Waals surface area contributed by atoms with Gasteiger partial charge in [0.25, 0.3) is 5.91 Å². The van der Waals surface area contributed by atoms with Gasteiger partial charge in [-0.25, -0.2) is 4.79 Å². The van der Waals surface area contributed by atoms with Crippen molar-refractivity contribution in [3.05, 3.63) is 63.4 Å². The second kappa shape index (κ2) is 7.85. The van der Waals surface area contributed by atoms with Crippen molar-refractivity contribution in [1.29, 1.82) is 0 Å². The van der Waals surface area contributed by atoms with Gasteiger partial charge in [0.05, 0.1) is 22.4 Å². The van der Waals surface area contributed by atoms with Gasteiger partial charge in [-0.15, -0.1) is 0 Å². The zero-order valence-corrected chi connectivity index (χ0v) is 15.9. The summed E-state index contributed by atoms with van der Waals surface area (Å²) in [7, 11) is 0. The highest BCUT2D eigenvalue weighted by atomic mass is 35.5. The zero-order chi connectivity index (χ0) is 18.7. The third kappa shape index (κ3) is 3.71. The van der Waals surface area contributed by atoms with Crippen molar-refractivity contribution in [2.45, 2.75) is 20.4 Å². The standard InChI is InChI=1S/C19H17ClN2O3S/c1-3-22-15-9-8-13(18(24)25-4-2)11-16(15)26-19(22)21-17(23)12-6-5-7-14(20)10-12/h5-11H,3-4H2,1-2H3. The molecular formula is C19H17ClN2O3S. The van der Waals surface area contributed by atoms with E-state index in [0.29, 0.717) is 34.1 Å². The van der Waals surface area contributed by atoms with E-state index in [2.05, 4.69) is 4.99 Å². The van der Waals surface area contributed by atoms with E-state index < -0.39 is 0 Å². The minimum absolute atomic E-state index is 0.324. The van der Waals surface area contributed by atoms with E-state index in [0.717, 1.165) is 10.2 Å². The molecule has 1 aromatic heterocycles. The number of nitrogens with zero attached hydrogens (tertiary/aromatic N) is 2. The minimum atomic E-state index is -0.362. The van der Waals surface area contributed by atoms with Crippen molar-refractivity contribution >= 4 is 45.0 Å². The van der Waals surface area contributed by atoms with Crippen LogP contribution in [0.2, 0.25) is 5.02 Å². The SMILES string of the molecule is CCOC(=O)c1ccc2c(c1)sc(=NC(=O)c1cccc(Cl)c1)n2CC. The highest BCUT2D eigenvalue weighted by molar-refractivity contribution is 7.16. The van der Waals surface area contributed by atoms with Gasteiger partial charge in [0.1, 0.15) is 0 Å². The molecule has 0 N–H and O–H groups in total. The molecule has 26 heavy (non-hydrogen) atoms. The topological polar surface area (TPSA) is 60.7 Å². The number of esters is 1. The number of benzene rings is 2. The summed E-state index contributed by atoms with van der Waals surface area (Å²) >= 11 is 7.31. The van der Waals surface area contributed by atoms with Crippen LogP contribution in [0, 0.1) is 0 Å². The molecule has 0 spiro atoms. The van der Waals surface area contributed by atoms with Crippen molar-refractivity contribution in [1.82, 2.24) is 4.57 Å². The average molecular weight is 389 g/mol. The highest BCUT2D eigenvalue weighted by Gasteiger charge is 2.12. The van der Waals surface area contributed by atoms with Crippen molar-refractivity contribution in [3.63, 3.8) is 0 Å². The molecule has 5 nitrogen and oxygen atoms in total. The number of aromatic nitrogens is 1. The molecule has 2 aromatic carbocycles. The van der Waals surface area contributed by atoms with E-state index in [-0.39, 0.29) is 11.9 Å². The normalized spacial score (nSPS) is 11.7. The third-order valence-electron chi connectivity index (χ3n) is 3.78. The number of hydrogen-bond acceptors (Lipinski definition) is 4. The molecule has 0 bridgehead atoms. The van der Waals surface area contributed by atoms with E-state index in [1.54, 1.807) is 43.3 Å². The molecule has 7 heteroatoms. The number of aryl methyl sites for hydroxylation is 1. The third-order valence-corrected chi connectivity index (χ3v) is 5.06. The monoisotopic (exact) mass is 388 g/mol. The molecule has 1 heterocycles. The van der Waals surface area contributed by atoms with Gasteiger partial charge in [-0.3, -0.25) is 4.79 Å². The summed E-state index contributed by atoms with van der Waals surface area (Å²) in [5.74, 6) is -0.716. The second-order valence-electron chi connectivity index (χ2n) is 5.46. The van der Waals surface area contributed by atoms with Crippen molar-refractivity contribution in [3.8, 4) is 0 Å². The lowest BCUT2D eigenvalue weighted by molar-refractivity contribution is 0.0526. The van der Waals surface area contributed by atoms with E-state index in [1.807, 2.05) is 17.6 Å². The number of carbonyl (C=O) groups is 2. The minimum Gasteiger partial charge on any atom is -0.462 e. The van der Waals surface area contributed by atoms with Gasteiger partial charge in [0, 0.05) is 17.1 Å². The summed E-state index contributed by atoms with van der Waals surface area (Å²) in [5.41, 5.74) is 1.84. The Morgan fingerprint density at radius 3 is 2.65 bits per heavy atom. The second-order valence-corrected chi connectivity index (χ2v) is 6.90. The lowest BCUT2D eigenvalue weighted by Gasteiger charge is -2.03. The smallest absolute Gasteiger partial charge is 0.338 e. The number of rotatable bonds is 4. The Kier molecular flexibility index (Phi) is 5.54. The fourth-order valence-corrected chi connectivity index (χ4v) is 3.90. The largest absolute Gasteiger partial charge is 0.462 e. The van der Waals surface area contributed by atoms with Crippen LogP contribution < -0.4 is 4.80 Å². The van der Waals surface area contributed by atoms with Crippen LogP contribution in [-0.2, 0) is 11.3 Å². The summed E-state index contributed by atoms with van der Waals surface area (Å²) in [4.78, 5) is 29.2. The lowest BCUT2D eigenvalue weighted by atomic mass is 10.2. The Morgan fingerprint density at radius 2 is 1.96 bits per heavy atom. The van der Waals surface area contributed by atoms with Crippen LogP contribution >= 0.6 is 22.9 Å². The Bertz CT molecular complexity index is 1050. The van der Waals surface area contributed by atoms with Gasteiger partial charge in [0.2, 0.25) is 0 Å². The van der Waals surface area contributed by atoms with Gasteiger partial charge in [-0.1, -0.05) is 29.0 Å². The predicted octanol–water partition coefficient (Wildman–Crippen LogP) is 4.29. The van der Waals surface area contributed by atoms with Gasteiger partial charge < -0.3 is 9.30 Å². The predicted molar refractivity (Wildman–Crippen MR) is 103 cm³/mol. The van der Waals surface area contributed by atoms with E-state index in [1.165, 1.54) is 11.3 Å². The molecule has 0 fully saturated rings. The molecule has 3 aromatic rings. The number of hydrogen-bond donors (Lipinski definition) is 0. The molecule has 134 valence electrons. The maximum absolute atomic E-state index is 12.5. The van der Waals surface area contributed by atoms with E-state index >= 15 is 0 Å². The Balaban J connectivity index is 2.07. The van der Waals surface area contributed by atoms with Gasteiger partial charge in [-0.2, -0.15) is 4.99 Å². The number of fused-ring (bicyclic) bond motifs is 1. The summed E-state index contributed by atoms with van der Waals surface area (Å²) in [6.45, 7) is 4.73. The number of carbonyl (C=O) groups excluding carboxylic acids is 2. The quantitative estimate of drug-likeness (QED) is 0.626. The fraction of sp³-hybridized carbons (Fsp3) is 0.211. The number of ether oxygens (including phenoxy) is 1. The Hall–Kier alpha value is -2.44. The van der Waals surface area contributed by atoms with E-state index in [4.69, 9.17) is 16.3 Å². The van der Waals surface area contributed by atoms with Gasteiger partial charge in [0.15, 0.2) is 4.80 Å². The van der Waals surface area contributed by atoms with Crippen LogP contribution in [0.5, 0.6) is 0 Å². The first-order valence-electron chi connectivity index (χ1n) is 8.18. The maximum atomic E-state index is 12.5. The molecular weight excluding hydrogens is 372 g/mol. The molecule has 3 rings (SSSR count). The van der Waals surface area contributed by atoms with E-state index in [9.17, 15) is 9.59 Å². The first kappa shape index (κ1) is 18.4. The van der Waals surface area contributed by atoms with Crippen LogP contribution in [-0.4, -0.2) is 23.1 Å². The summed E-state index contributed by atoms with van der Waals surface area (Å²) < 4.78 is 7.85. The van der Waals surface area contributed by atoms with Crippen LogP contribution in [0.4, 0.5) is 0 Å². The molecule has 0 unspecified atom stereocenters. The molecule has 0 aliphatic carbocycles. The Labute approximate surface area is 159 Å². The summed E-state index contributed by atoms with van der Waals surface area (Å²) in [6.07, 6.45) is 0. The molecule has 1 amide bonds. The van der Waals surface area contributed by atoms with Gasteiger partial charge in [-0.05, 0) is 50.2 Å². The molecule has 0 aliphatic heterocycles. The number of halogens is 1. The summed E-state index contributed by atoms with van der Waals surface area (Å²) in [5, 5.41) is 0.491. The first-order valence-corrected chi connectivity index (χ1v) is 9.38.